The highest BCUT2D eigenvalue weighted by atomic mass is 16.5. The summed E-state index contributed by atoms with van der Waals surface area (Å²) in [6, 6.07) is 9.84. The van der Waals surface area contributed by atoms with Crippen LogP contribution in [0.5, 0.6) is 11.5 Å². The maximum atomic E-state index is 14.1. The predicted octanol–water partition coefficient (Wildman–Crippen LogP) is 4.47. The van der Waals surface area contributed by atoms with Crippen molar-refractivity contribution in [3.8, 4) is 11.5 Å². The lowest BCUT2D eigenvalue weighted by molar-refractivity contribution is 0.164. The number of benzene rings is 1. The summed E-state index contributed by atoms with van der Waals surface area (Å²) >= 11 is 0. The predicted molar refractivity (Wildman–Crippen MR) is 162 cm³/mol. The Hall–Kier alpha value is -3.96. The number of aromatic nitrogens is 3. The Morgan fingerprint density at radius 1 is 0.952 bits per heavy atom. The summed E-state index contributed by atoms with van der Waals surface area (Å²) in [5.74, 6) is 3.61. The summed E-state index contributed by atoms with van der Waals surface area (Å²) in [5, 5.41) is 3.34. The van der Waals surface area contributed by atoms with Gasteiger partial charge in [-0.15, -0.1) is 0 Å². The quantitative estimate of drug-likeness (QED) is 0.440. The number of carbonyl (C=O) groups is 1. The third-order valence-electron chi connectivity index (χ3n) is 8.83. The van der Waals surface area contributed by atoms with Crippen LogP contribution in [-0.4, -0.2) is 96.2 Å². The van der Waals surface area contributed by atoms with Gasteiger partial charge in [0.2, 0.25) is 5.95 Å². The van der Waals surface area contributed by atoms with Crippen molar-refractivity contribution in [1.82, 2.24) is 29.7 Å². The van der Waals surface area contributed by atoms with Crippen LogP contribution in [-0.2, 0) is 6.54 Å². The summed E-state index contributed by atoms with van der Waals surface area (Å²) in [4.78, 5) is 36.4. The standard InChI is InChI=1S/C31H40N8O3/c1-20-17-37(3)19-26(20)38-18-23-15-33-30(35-29(23)39(31(38)40)28-9-7-24(41-4)16-32-28)34-25-8-6-22(14-27(25)42-5)21-10-12-36(2)13-11-21/h6-9,14-16,20-21,26H,10-13,17-19H2,1-5H3,(H,33,34,35). The first-order chi connectivity index (χ1) is 20.3. The second-order valence-corrected chi connectivity index (χ2v) is 11.8. The molecule has 1 aromatic carbocycles. The molecule has 3 aliphatic rings. The Balaban J connectivity index is 1.32. The van der Waals surface area contributed by atoms with E-state index in [2.05, 4.69) is 58.2 Å². The average Bonchev–Trinajstić information content (AvgIpc) is 3.34. The van der Waals surface area contributed by atoms with Crippen molar-refractivity contribution in [3.05, 3.63) is 53.9 Å². The normalized spacial score (nSPS) is 21.9. The van der Waals surface area contributed by atoms with E-state index in [9.17, 15) is 4.79 Å². The van der Waals surface area contributed by atoms with E-state index in [4.69, 9.17) is 14.5 Å². The fourth-order valence-corrected chi connectivity index (χ4v) is 6.44. The van der Waals surface area contributed by atoms with E-state index >= 15 is 0 Å². The molecule has 3 aromatic rings. The van der Waals surface area contributed by atoms with Gasteiger partial charge in [0.25, 0.3) is 0 Å². The molecule has 11 nitrogen and oxygen atoms in total. The van der Waals surface area contributed by atoms with Gasteiger partial charge in [-0.25, -0.2) is 19.7 Å². The molecule has 1 N–H and O–H groups in total. The maximum absolute atomic E-state index is 14.1. The van der Waals surface area contributed by atoms with Gasteiger partial charge in [0.05, 0.1) is 38.7 Å². The topological polar surface area (TPSA) is 99.2 Å². The number of likely N-dealkylation sites (tertiary alicyclic amines) is 2. The summed E-state index contributed by atoms with van der Waals surface area (Å²) in [6.07, 6.45) is 5.70. The lowest BCUT2D eigenvalue weighted by Crippen LogP contribution is -2.52. The molecule has 3 aliphatic heterocycles. The van der Waals surface area contributed by atoms with Crippen molar-refractivity contribution in [1.29, 1.82) is 0 Å². The number of pyridine rings is 1. The number of amides is 2. The molecule has 0 aliphatic carbocycles. The van der Waals surface area contributed by atoms with Crippen LogP contribution >= 0.6 is 0 Å². The molecule has 2 atom stereocenters. The molecule has 5 heterocycles. The molecular formula is C31H40N8O3. The number of carbonyl (C=O) groups excluding carboxylic acids is 1. The monoisotopic (exact) mass is 572 g/mol. The molecule has 42 heavy (non-hydrogen) atoms. The van der Waals surface area contributed by atoms with Gasteiger partial charge in [-0.3, -0.25) is 0 Å². The molecule has 222 valence electrons. The van der Waals surface area contributed by atoms with E-state index in [1.54, 1.807) is 37.4 Å². The fraction of sp³-hybridized carbons (Fsp3) is 0.484. The minimum atomic E-state index is -0.142. The molecule has 0 bridgehead atoms. The van der Waals surface area contributed by atoms with Crippen LogP contribution in [0.15, 0.2) is 42.7 Å². The molecular weight excluding hydrogens is 532 g/mol. The van der Waals surface area contributed by atoms with Gasteiger partial charge in [0.15, 0.2) is 5.82 Å². The van der Waals surface area contributed by atoms with Crippen molar-refractivity contribution in [2.24, 2.45) is 5.92 Å². The molecule has 2 unspecified atom stereocenters. The highest BCUT2D eigenvalue weighted by molar-refractivity contribution is 6.00. The molecule has 2 amide bonds. The zero-order valence-electron chi connectivity index (χ0n) is 25.1. The number of hydrogen-bond donors (Lipinski definition) is 1. The minimum Gasteiger partial charge on any atom is -0.495 e. The van der Waals surface area contributed by atoms with Crippen LogP contribution in [0.2, 0.25) is 0 Å². The van der Waals surface area contributed by atoms with Crippen molar-refractivity contribution >= 4 is 29.3 Å². The number of anilines is 4. The number of fused-ring (bicyclic) bond motifs is 1. The van der Waals surface area contributed by atoms with Gasteiger partial charge in [-0.1, -0.05) is 13.0 Å². The van der Waals surface area contributed by atoms with Gasteiger partial charge < -0.3 is 29.5 Å². The lowest BCUT2D eigenvalue weighted by Gasteiger charge is -2.39. The number of nitrogens with one attached hydrogen (secondary N) is 1. The number of likely N-dealkylation sites (N-methyl/N-ethyl adjacent to an activating group) is 1. The van der Waals surface area contributed by atoms with Crippen LogP contribution in [0.1, 0.15) is 36.8 Å². The van der Waals surface area contributed by atoms with E-state index in [1.165, 1.54) is 5.56 Å². The van der Waals surface area contributed by atoms with Crippen LogP contribution in [0, 0.1) is 5.92 Å². The van der Waals surface area contributed by atoms with E-state index < -0.39 is 0 Å². The Morgan fingerprint density at radius 3 is 2.43 bits per heavy atom. The number of urea groups is 1. The van der Waals surface area contributed by atoms with Crippen molar-refractivity contribution < 1.29 is 14.3 Å². The smallest absolute Gasteiger partial charge is 0.332 e. The van der Waals surface area contributed by atoms with E-state index in [0.717, 1.165) is 56.0 Å². The largest absolute Gasteiger partial charge is 0.495 e. The Kier molecular flexibility index (Phi) is 7.87. The van der Waals surface area contributed by atoms with Crippen LogP contribution in [0.3, 0.4) is 0 Å². The molecule has 11 heteroatoms. The molecule has 0 radical (unpaired) electrons. The molecule has 6 rings (SSSR count). The van der Waals surface area contributed by atoms with E-state index in [-0.39, 0.29) is 12.1 Å². The Morgan fingerprint density at radius 2 is 1.76 bits per heavy atom. The van der Waals surface area contributed by atoms with Gasteiger partial charge in [0, 0.05) is 24.8 Å². The minimum absolute atomic E-state index is 0.0848. The Bertz CT molecular complexity index is 1430. The molecule has 2 aromatic heterocycles. The summed E-state index contributed by atoms with van der Waals surface area (Å²) in [7, 11) is 7.54. The highest BCUT2D eigenvalue weighted by Gasteiger charge is 2.42. The van der Waals surface area contributed by atoms with E-state index in [0.29, 0.717) is 41.7 Å². The third-order valence-corrected chi connectivity index (χ3v) is 8.83. The molecule has 0 saturated carbocycles. The number of nitrogens with zero attached hydrogens (tertiary/aromatic N) is 7. The van der Waals surface area contributed by atoms with Gasteiger partial charge in [-0.05, 0) is 81.7 Å². The first-order valence-electron chi connectivity index (χ1n) is 14.6. The summed E-state index contributed by atoms with van der Waals surface area (Å²) in [5.41, 5.74) is 2.92. The second kappa shape index (κ2) is 11.7. The zero-order chi connectivity index (χ0) is 29.4. The zero-order valence-corrected chi connectivity index (χ0v) is 25.1. The number of piperidine rings is 1. The molecule has 2 saturated heterocycles. The maximum Gasteiger partial charge on any atom is 0.332 e. The van der Waals surface area contributed by atoms with E-state index in [1.807, 2.05) is 17.2 Å². The highest BCUT2D eigenvalue weighted by Crippen LogP contribution is 2.38. The lowest BCUT2D eigenvalue weighted by atomic mass is 9.89. The summed E-state index contributed by atoms with van der Waals surface area (Å²) < 4.78 is 11.1. The molecule has 0 spiro atoms. The van der Waals surface area contributed by atoms with Crippen LogP contribution in [0.25, 0.3) is 0 Å². The van der Waals surface area contributed by atoms with Crippen molar-refractivity contribution in [2.75, 3.05) is 64.7 Å². The number of hydrogen-bond acceptors (Lipinski definition) is 9. The van der Waals surface area contributed by atoms with Gasteiger partial charge >= 0.3 is 6.03 Å². The first-order valence-corrected chi connectivity index (χ1v) is 14.6. The first kappa shape index (κ1) is 28.2. The van der Waals surface area contributed by atoms with Crippen LogP contribution in [0.4, 0.5) is 28.1 Å². The second-order valence-electron chi connectivity index (χ2n) is 11.8. The number of methoxy groups -OCH3 is 2. The van der Waals surface area contributed by atoms with Gasteiger partial charge in [0.1, 0.15) is 17.3 Å². The molecule has 2 fully saturated rings. The SMILES string of the molecule is COc1ccc(N2C(=O)N(C3CN(C)CC3C)Cc3cnc(Nc4ccc(C5CCN(C)CC5)cc4OC)nc32)nc1. The van der Waals surface area contributed by atoms with Gasteiger partial charge in [-0.2, -0.15) is 4.98 Å². The number of ether oxygens (including phenoxy) is 2. The Labute approximate surface area is 247 Å². The van der Waals surface area contributed by atoms with Crippen molar-refractivity contribution in [3.63, 3.8) is 0 Å². The average molecular weight is 573 g/mol. The van der Waals surface area contributed by atoms with Crippen LogP contribution < -0.4 is 19.7 Å². The fourth-order valence-electron chi connectivity index (χ4n) is 6.44. The third kappa shape index (κ3) is 5.46. The van der Waals surface area contributed by atoms with Crippen molar-refractivity contribution in [2.45, 2.75) is 38.3 Å². The number of rotatable bonds is 7. The summed E-state index contributed by atoms with van der Waals surface area (Å²) in [6.45, 7) is 6.60.